The van der Waals surface area contributed by atoms with E-state index in [-0.39, 0.29) is 6.04 Å². The fourth-order valence-electron chi connectivity index (χ4n) is 2.14. The third kappa shape index (κ3) is 2.91. The molecule has 3 nitrogen and oxygen atoms in total. The molecule has 1 aromatic rings. The molecule has 0 saturated heterocycles. The van der Waals surface area contributed by atoms with Gasteiger partial charge in [0.2, 0.25) is 0 Å². The minimum absolute atomic E-state index is 0.242. The monoisotopic (exact) mass is 237 g/mol. The normalized spacial score (nSPS) is 14.2. The first-order valence-electron chi connectivity index (χ1n) is 6.07. The summed E-state index contributed by atoms with van der Waals surface area (Å²) >= 11 is 0. The lowest BCUT2D eigenvalue weighted by Gasteiger charge is -2.26. The Morgan fingerprint density at radius 1 is 1.18 bits per heavy atom. The summed E-state index contributed by atoms with van der Waals surface area (Å²) in [6, 6.07) is 6.14. The van der Waals surface area contributed by atoms with Crippen LogP contribution in [-0.2, 0) is 0 Å². The molecule has 0 radical (unpaired) electrons. The van der Waals surface area contributed by atoms with Gasteiger partial charge >= 0.3 is 0 Å². The number of ether oxygens (including phenoxy) is 2. The van der Waals surface area contributed by atoms with Crippen LogP contribution in [0.25, 0.3) is 0 Å². The van der Waals surface area contributed by atoms with Gasteiger partial charge in [-0.1, -0.05) is 26.3 Å². The highest BCUT2D eigenvalue weighted by Crippen LogP contribution is 2.37. The number of hydrogen-bond acceptors (Lipinski definition) is 3. The first-order chi connectivity index (χ1) is 8.19. The van der Waals surface area contributed by atoms with Gasteiger partial charge in [0.05, 0.1) is 19.8 Å². The van der Waals surface area contributed by atoms with Crippen molar-refractivity contribution in [1.29, 1.82) is 0 Å². The quantitative estimate of drug-likeness (QED) is 0.825. The summed E-state index contributed by atoms with van der Waals surface area (Å²) in [5.74, 6) is 2.28. The predicted molar refractivity (Wildman–Crippen MR) is 70.8 cm³/mol. The summed E-state index contributed by atoms with van der Waals surface area (Å²) in [4.78, 5) is 0. The van der Waals surface area contributed by atoms with Gasteiger partial charge in [0, 0.05) is 6.04 Å². The van der Waals surface area contributed by atoms with Crippen molar-refractivity contribution in [3.05, 3.63) is 23.8 Å². The largest absolute Gasteiger partial charge is 0.496 e. The molecule has 0 aliphatic rings. The Morgan fingerprint density at radius 2 is 1.71 bits per heavy atom. The van der Waals surface area contributed by atoms with Crippen LogP contribution in [0.5, 0.6) is 11.5 Å². The molecule has 1 aromatic carbocycles. The van der Waals surface area contributed by atoms with Crippen molar-refractivity contribution >= 4 is 0 Å². The molecular formula is C14H23NO2. The fourth-order valence-corrected chi connectivity index (χ4v) is 2.14. The van der Waals surface area contributed by atoms with Crippen molar-refractivity contribution in [3.8, 4) is 11.5 Å². The van der Waals surface area contributed by atoms with E-state index in [1.54, 1.807) is 14.2 Å². The van der Waals surface area contributed by atoms with Crippen LogP contribution >= 0.6 is 0 Å². The van der Waals surface area contributed by atoms with Crippen LogP contribution in [0, 0.1) is 5.92 Å². The lowest BCUT2D eigenvalue weighted by atomic mass is 9.91. The smallest absolute Gasteiger partial charge is 0.127 e. The Hall–Kier alpha value is -1.22. The molecule has 3 heteroatoms. The van der Waals surface area contributed by atoms with E-state index in [1.807, 2.05) is 25.2 Å². The van der Waals surface area contributed by atoms with Gasteiger partial charge in [-0.15, -0.1) is 0 Å². The Balaban J connectivity index is 3.24. The molecule has 0 aliphatic heterocycles. The highest BCUT2D eigenvalue weighted by molar-refractivity contribution is 5.47. The zero-order valence-electron chi connectivity index (χ0n) is 11.4. The van der Waals surface area contributed by atoms with Gasteiger partial charge in [0.15, 0.2) is 0 Å². The molecule has 0 aliphatic carbocycles. The number of methoxy groups -OCH3 is 2. The maximum absolute atomic E-state index is 5.45. The second-order valence-corrected chi connectivity index (χ2v) is 4.23. The Morgan fingerprint density at radius 3 is 2.06 bits per heavy atom. The molecule has 17 heavy (non-hydrogen) atoms. The van der Waals surface area contributed by atoms with E-state index in [0.29, 0.717) is 5.92 Å². The maximum atomic E-state index is 5.45. The SMILES string of the molecule is CCC(C)C(NC)c1c(OC)cccc1OC. The Labute approximate surface area is 104 Å². The average molecular weight is 237 g/mol. The molecule has 0 amide bonds. The van der Waals surface area contributed by atoms with Gasteiger partial charge in [-0.2, -0.15) is 0 Å². The lowest BCUT2D eigenvalue weighted by molar-refractivity contribution is 0.340. The molecule has 0 saturated carbocycles. The van der Waals surface area contributed by atoms with Crippen LogP contribution in [0.2, 0.25) is 0 Å². The summed E-state index contributed by atoms with van der Waals surface area (Å²) < 4.78 is 10.9. The minimum atomic E-state index is 0.242. The van der Waals surface area contributed by atoms with Crippen LogP contribution in [0.3, 0.4) is 0 Å². The van der Waals surface area contributed by atoms with Crippen molar-refractivity contribution in [1.82, 2.24) is 5.32 Å². The molecule has 2 atom stereocenters. The topological polar surface area (TPSA) is 30.5 Å². The van der Waals surface area contributed by atoms with Crippen molar-refractivity contribution in [2.75, 3.05) is 21.3 Å². The molecule has 2 unspecified atom stereocenters. The van der Waals surface area contributed by atoms with Crippen molar-refractivity contribution in [3.63, 3.8) is 0 Å². The average Bonchev–Trinajstić information content (AvgIpc) is 2.39. The zero-order chi connectivity index (χ0) is 12.8. The number of hydrogen-bond donors (Lipinski definition) is 1. The van der Waals surface area contributed by atoms with E-state index in [2.05, 4.69) is 19.2 Å². The first-order valence-corrected chi connectivity index (χ1v) is 6.07. The van der Waals surface area contributed by atoms with Crippen molar-refractivity contribution in [2.45, 2.75) is 26.3 Å². The summed E-state index contributed by atoms with van der Waals surface area (Å²) in [7, 11) is 5.37. The molecule has 0 spiro atoms. The van der Waals surface area contributed by atoms with E-state index in [0.717, 1.165) is 23.5 Å². The van der Waals surface area contributed by atoms with Gasteiger partial charge < -0.3 is 14.8 Å². The van der Waals surface area contributed by atoms with E-state index in [4.69, 9.17) is 9.47 Å². The number of rotatable bonds is 6. The van der Waals surface area contributed by atoms with Gasteiger partial charge in [-0.3, -0.25) is 0 Å². The third-order valence-corrected chi connectivity index (χ3v) is 3.30. The van der Waals surface area contributed by atoms with E-state index < -0.39 is 0 Å². The van der Waals surface area contributed by atoms with E-state index in [9.17, 15) is 0 Å². The van der Waals surface area contributed by atoms with Crippen molar-refractivity contribution < 1.29 is 9.47 Å². The van der Waals surface area contributed by atoms with Gasteiger partial charge in [0.1, 0.15) is 11.5 Å². The summed E-state index contributed by atoms with van der Waals surface area (Å²) in [5, 5.41) is 3.36. The molecule has 96 valence electrons. The lowest BCUT2D eigenvalue weighted by Crippen LogP contribution is -2.24. The molecule has 0 heterocycles. The molecule has 1 rings (SSSR count). The molecule has 1 N–H and O–H groups in total. The second kappa shape index (κ2) is 6.50. The van der Waals surface area contributed by atoms with Crippen LogP contribution in [-0.4, -0.2) is 21.3 Å². The van der Waals surface area contributed by atoms with Gasteiger partial charge in [0.25, 0.3) is 0 Å². The summed E-state index contributed by atoms with van der Waals surface area (Å²) in [6.07, 6.45) is 1.10. The molecule has 0 bridgehead atoms. The highest BCUT2D eigenvalue weighted by Gasteiger charge is 2.23. The fraction of sp³-hybridized carbons (Fsp3) is 0.571. The Bertz CT molecular complexity index is 330. The number of benzene rings is 1. The van der Waals surface area contributed by atoms with Gasteiger partial charge in [-0.05, 0) is 25.1 Å². The molecule has 0 fully saturated rings. The first kappa shape index (κ1) is 13.8. The van der Waals surface area contributed by atoms with Gasteiger partial charge in [-0.25, -0.2) is 0 Å². The van der Waals surface area contributed by atoms with Crippen molar-refractivity contribution in [2.24, 2.45) is 5.92 Å². The maximum Gasteiger partial charge on any atom is 0.127 e. The third-order valence-electron chi connectivity index (χ3n) is 3.30. The minimum Gasteiger partial charge on any atom is -0.496 e. The van der Waals surface area contributed by atoms with Crippen LogP contribution in [0.1, 0.15) is 31.9 Å². The van der Waals surface area contributed by atoms with Crippen LogP contribution in [0.15, 0.2) is 18.2 Å². The molecular weight excluding hydrogens is 214 g/mol. The summed E-state index contributed by atoms with van der Waals surface area (Å²) in [5.41, 5.74) is 1.11. The van der Waals surface area contributed by atoms with E-state index >= 15 is 0 Å². The van der Waals surface area contributed by atoms with Crippen LogP contribution in [0.4, 0.5) is 0 Å². The van der Waals surface area contributed by atoms with Crippen LogP contribution < -0.4 is 14.8 Å². The second-order valence-electron chi connectivity index (χ2n) is 4.23. The Kier molecular flexibility index (Phi) is 5.29. The molecule has 0 aromatic heterocycles. The highest BCUT2D eigenvalue weighted by atomic mass is 16.5. The standard InChI is InChI=1S/C14H23NO2/c1-6-10(2)14(15-3)13-11(16-4)8-7-9-12(13)17-5/h7-10,14-15H,6H2,1-5H3. The summed E-state index contributed by atoms with van der Waals surface area (Å²) in [6.45, 7) is 4.42. The van der Waals surface area contributed by atoms with E-state index in [1.165, 1.54) is 0 Å². The zero-order valence-corrected chi connectivity index (χ0v) is 11.4. The predicted octanol–water partition coefficient (Wildman–Crippen LogP) is 3.01. The number of nitrogens with one attached hydrogen (secondary N) is 1.